The van der Waals surface area contributed by atoms with Gasteiger partial charge in [-0.1, -0.05) is 28.9 Å². The molecule has 0 bridgehead atoms. The Kier molecular flexibility index (Phi) is 4.91. The van der Waals surface area contributed by atoms with Crippen LogP contribution in [0.4, 0.5) is 0 Å². The molecular formula is C16H23BrO2. The second-order valence-electron chi connectivity index (χ2n) is 5.45. The van der Waals surface area contributed by atoms with Crippen LogP contribution in [0.1, 0.15) is 36.5 Å². The van der Waals surface area contributed by atoms with Gasteiger partial charge in [-0.05, 0) is 49.9 Å². The van der Waals surface area contributed by atoms with Gasteiger partial charge in [0, 0.05) is 17.9 Å². The van der Waals surface area contributed by atoms with Crippen LogP contribution in [-0.2, 0) is 4.74 Å². The first-order chi connectivity index (χ1) is 9.02. The number of ether oxygens (including phenoxy) is 2. The Morgan fingerprint density at radius 1 is 1.26 bits per heavy atom. The van der Waals surface area contributed by atoms with Crippen molar-refractivity contribution >= 4 is 15.9 Å². The lowest BCUT2D eigenvalue weighted by Crippen LogP contribution is -2.52. The maximum atomic E-state index is 6.17. The summed E-state index contributed by atoms with van der Waals surface area (Å²) in [6.07, 6.45) is 2.42. The zero-order chi connectivity index (χ0) is 14.0. The second kappa shape index (κ2) is 6.27. The number of aryl methyl sites for hydroxylation is 2. The highest BCUT2D eigenvalue weighted by Crippen LogP contribution is 2.36. The molecule has 2 rings (SSSR count). The van der Waals surface area contributed by atoms with E-state index in [-0.39, 0.29) is 12.2 Å². The highest BCUT2D eigenvalue weighted by Gasteiger charge is 2.42. The Bertz CT molecular complexity index is 445. The van der Waals surface area contributed by atoms with Crippen LogP contribution >= 0.6 is 15.9 Å². The van der Waals surface area contributed by atoms with Crippen LogP contribution in [0.3, 0.4) is 0 Å². The first kappa shape index (κ1) is 14.9. The van der Waals surface area contributed by atoms with Crippen molar-refractivity contribution in [2.45, 2.75) is 57.6 Å². The first-order valence-corrected chi connectivity index (χ1v) is 7.94. The highest BCUT2D eigenvalue weighted by atomic mass is 79.9. The van der Waals surface area contributed by atoms with E-state index < -0.39 is 0 Å². The fourth-order valence-corrected chi connectivity index (χ4v) is 3.26. The Balaban J connectivity index is 2.05. The third kappa shape index (κ3) is 3.32. The standard InChI is InChI=1S/C16H23BrO2/c1-5-6-18-16-13(17)9-15(16)19-14-8-10(2)7-11(3)12(14)4/h7-8,13,15-16H,5-6,9H2,1-4H3. The molecule has 3 unspecified atom stereocenters. The Morgan fingerprint density at radius 2 is 2.00 bits per heavy atom. The van der Waals surface area contributed by atoms with Crippen LogP contribution in [0.5, 0.6) is 5.75 Å². The average molecular weight is 327 g/mol. The molecule has 0 N–H and O–H groups in total. The third-order valence-corrected chi connectivity index (χ3v) is 4.63. The smallest absolute Gasteiger partial charge is 0.127 e. The van der Waals surface area contributed by atoms with Crippen LogP contribution in [0, 0.1) is 20.8 Å². The van der Waals surface area contributed by atoms with Crippen LogP contribution < -0.4 is 4.74 Å². The van der Waals surface area contributed by atoms with Gasteiger partial charge in [0.15, 0.2) is 0 Å². The fourth-order valence-electron chi connectivity index (χ4n) is 2.39. The van der Waals surface area contributed by atoms with Crippen molar-refractivity contribution in [1.82, 2.24) is 0 Å². The van der Waals surface area contributed by atoms with E-state index in [1.54, 1.807) is 0 Å². The monoisotopic (exact) mass is 326 g/mol. The van der Waals surface area contributed by atoms with E-state index in [1.165, 1.54) is 16.7 Å². The zero-order valence-corrected chi connectivity index (χ0v) is 13.8. The predicted octanol–water partition coefficient (Wildman–Crippen LogP) is 4.32. The van der Waals surface area contributed by atoms with Crippen molar-refractivity contribution in [1.29, 1.82) is 0 Å². The van der Waals surface area contributed by atoms with Crippen molar-refractivity contribution in [2.24, 2.45) is 0 Å². The summed E-state index contributed by atoms with van der Waals surface area (Å²) in [6, 6.07) is 4.32. The van der Waals surface area contributed by atoms with Crippen LogP contribution in [0.15, 0.2) is 12.1 Å². The van der Waals surface area contributed by atoms with E-state index in [0.29, 0.717) is 4.83 Å². The van der Waals surface area contributed by atoms with Crippen LogP contribution in [-0.4, -0.2) is 23.6 Å². The third-order valence-electron chi connectivity index (χ3n) is 3.74. The molecule has 106 valence electrons. The van der Waals surface area contributed by atoms with Crippen LogP contribution in [0.25, 0.3) is 0 Å². The number of benzene rings is 1. The molecular weight excluding hydrogens is 304 g/mol. The topological polar surface area (TPSA) is 18.5 Å². The van der Waals surface area contributed by atoms with Gasteiger partial charge < -0.3 is 9.47 Å². The Labute approximate surface area is 124 Å². The van der Waals surface area contributed by atoms with Crippen molar-refractivity contribution in [3.8, 4) is 5.75 Å². The summed E-state index contributed by atoms with van der Waals surface area (Å²) in [5.41, 5.74) is 3.77. The van der Waals surface area contributed by atoms with Crippen molar-refractivity contribution in [3.63, 3.8) is 0 Å². The summed E-state index contributed by atoms with van der Waals surface area (Å²) in [5, 5.41) is 0. The summed E-state index contributed by atoms with van der Waals surface area (Å²) in [6.45, 7) is 9.30. The SMILES string of the molecule is CCCOC1C(Br)CC1Oc1cc(C)cc(C)c1C. The summed E-state index contributed by atoms with van der Waals surface area (Å²) < 4.78 is 12.0. The van der Waals surface area contributed by atoms with E-state index in [2.05, 4.69) is 55.8 Å². The van der Waals surface area contributed by atoms with Gasteiger partial charge in [0.05, 0.1) is 0 Å². The van der Waals surface area contributed by atoms with Gasteiger partial charge in [-0.3, -0.25) is 0 Å². The molecule has 0 amide bonds. The molecule has 3 heteroatoms. The highest BCUT2D eigenvalue weighted by molar-refractivity contribution is 9.09. The minimum atomic E-state index is 0.177. The molecule has 0 radical (unpaired) electrons. The van der Waals surface area contributed by atoms with E-state index in [1.807, 2.05) is 0 Å². The number of alkyl halides is 1. The molecule has 1 aromatic rings. The summed E-state index contributed by atoms with van der Waals surface area (Å²) in [5.74, 6) is 1.01. The van der Waals surface area contributed by atoms with Gasteiger partial charge in [-0.2, -0.15) is 0 Å². The molecule has 0 aromatic heterocycles. The Morgan fingerprint density at radius 3 is 2.63 bits per heavy atom. The van der Waals surface area contributed by atoms with Gasteiger partial charge in [-0.25, -0.2) is 0 Å². The minimum Gasteiger partial charge on any atom is -0.487 e. The maximum absolute atomic E-state index is 6.17. The predicted molar refractivity (Wildman–Crippen MR) is 82.4 cm³/mol. The molecule has 0 spiro atoms. The number of hydrogen-bond acceptors (Lipinski definition) is 2. The molecule has 0 heterocycles. The van der Waals surface area contributed by atoms with Gasteiger partial charge in [0.25, 0.3) is 0 Å². The lowest BCUT2D eigenvalue weighted by molar-refractivity contribution is -0.0764. The van der Waals surface area contributed by atoms with E-state index in [0.717, 1.165) is 25.2 Å². The fraction of sp³-hybridized carbons (Fsp3) is 0.625. The van der Waals surface area contributed by atoms with Crippen molar-refractivity contribution in [3.05, 3.63) is 28.8 Å². The molecule has 1 aromatic carbocycles. The van der Waals surface area contributed by atoms with E-state index >= 15 is 0 Å². The molecule has 2 nitrogen and oxygen atoms in total. The number of rotatable bonds is 5. The molecule has 3 atom stereocenters. The van der Waals surface area contributed by atoms with Crippen molar-refractivity contribution < 1.29 is 9.47 Å². The molecule has 1 saturated carbocycles. The number of halogens is 1. The normalized spacial score (nSPS) is 26.1. The molecule has 19 heavy (non-hydrogen) atoms. The molecule has 0 aliphatic heterocycles. The largest absolute Gasteiger partial charge is 0.487 e. The molecule has 1 aliphatic carbocycles. The van der Waals surface area contributed by atoms with Gasteiger partial charge in [0.1, 0.15) is 18.0 Å². The second-order valence-corrected chi connectivity index (χ2v) is 6.62. The minimum absolute atomic E-state index is 0.177. The van der Waals surface area contributed by atoms with E-state index in [4.69, 9.17) is 9.47 Å². The zero-order valence-electron chi connectivity index (χ0n) is 12.2. The summed E-state index contributed by atoms with van der Waals surface area (Å²) >= 11 is 3.65. The molecule has 1 aliphatic rings. The molecule has 0 saturated heterocycles. The summed E-state index contributed by atoms with van der Waals surface area (Å²) in [7, 11) is 0. The average Bonchev–Trinajstić information content (AvgIpc) is 2.35. The quantitative estimate of drug-likeness (QED) is 0.750. The first-order valence-electron chi connectivity index (χ1n) is 7.03. The lowest BCUT2D eigenvalue weighted by atomic mass is 9.91. The number of hydrogen-bond donors (Lipinski definition) is 0. The van der Waals surface area contributed by atoms with Gasteiger partial charge >= 0.3 is 0 Å². The van der Waals surface area contributed by atoms with E-state index in [9.17, 15) is 0 Å². The maximum Gasteiger partial charge on any atom is 0.127 e. The molecule has 1 fully saturated rings. The van der Waals surface area contributed by atoms with Crippen LogP contribution in [0.2, 0.25) is 0 Å². The summed E-state index contributed by atoms with van der Waals surface area (Å²) in [4.78, 5) is 0.426. The van der Waals surface area contributed by atoms with Gasteiger partial charge in [-0.15, -0.1) is 0 Å². The Hall–Kier alpha value is -0.540. The lowest BCUT2D eigenvalue weighted by Gasteiger charge is -2.41. The van der Waals surface area contributed by atoms with Gasteiger partial charge in [0.2, 0.25) is 0 Å². The van der Waals surface area contributed by atoms with Crippen molar-refractivity contribution in [2.75, 3.05) is 6.61 Å².